The molecule has 124 valence electrons. The van der Waals surface area contributed by atoms with E-state index in [1.807, 2.05) is 12.1 Å². The molecular formula is C20H15ClN2OS. The average molecular weight is 367 g/mol. The van der Waals surface area contributed by atoms with Crippen LogP contribution in [0.1, 0.15) is 17.3 Å². The largest absolute Gasteiger partial charge is 0.317 e. The van der Waals surface area contributed by atoms with Gasteiger partial charge in [0.1, 0.15) is 0 Å². The average Bonchev–Trinajstić information content (AvgIpc) is 2.99. The monoisotopic (exact) mass is 366 g/mol. The minimum Gasteiger partial charge on any atom is -0.317 e. The lowest BCUT2D eigenvalue weighted by molar-refractivity contribution is 0.0998. The van der Waals surface area contributed by atoms with E-state index in [0.717, 1.165) is 16.8 Å². The van der Waals surface area contributed by atoms with Crippen molar-refractivity contribution in [2.45, 2.75) is 13.5 Å². The van der Waals surface area contributed by atoms with E-state index in [9.17, 15) is 4.79 Å². The first-order valence-corrected chi connectivity index (χ1v) is 9.22. The molecule has 1 heterocycles. The van der Waals surface area contributed by atoms with Gasteiger partial charge in [-0.1, -0.05) is 59.3 Å². The van der Waals surface area contributed by atoms with E-state index < -0.39 is 0 Å². The van der Waals surface area contributed by atoms with Crippen molar-refractivity contribution < 1.29 is 4.79 Å². The standard InChI is InChI=1S/C20H15ClN2OS/c1-2-23-17-11-10-13-6-3-4-9-16(13)18(17)25-20(23)22-19(24)14-7-5-8-15(21)12-14/h3-12H,2H2,1H3. The molecule has 5 heteroatoms. The normalized spacial score (nSPS) is 12.2. The summed E-state index contributed by atoms with van der Waals surface area (Å²) in [4.78, 5) is 17.6. The summed E-state index contributed by atoms with van der Waals surface area (Å²) in [5, 5.41) is 2.91. The molecule has 1 aromatic heterocycles. The highest BCUT2D eigenvalue weighted by Gasteiger charge is 2.10. The number of halogens is 1. The molecule has 0 fully saturated rings. The zero-order valence-corrected chi connectivity index (χ0v) is 15.1. The molecule has 0 aliphatic heterocycles. The number of amides is 1. The Labute approximate surface area is 153 Å². The van der Waals surface area contributed by atoms with Gasteiger partial charge in [0, 0.05) is 22.5 Å². The maximum atomic E-state index is 12.5. The van der Waals surface area contributed by atoms with Crippen molar-refractivity contribution in [3.63, 3.8) is 0 Å². The fourth-order valence-electron chi connectivity index (χ4n) is 2.96. The Bertz CT molecular complexity index is 1170. The molecule has 0 bridgehead atoms. The van der Waals surface area contributed by atoms with Crippen LogP contribution in [0.5, 0.6) is 0 Å². The fourth-order valence-corrected chi connectivity index (χ4v) is 4.38. The highest BCUT2D eigenvalue weighted by Crippen LogP contribution is 2.27. The van der Waals surface area contributed by atoms with Gasteiger partial charge in [-0.2, -0.15) is 4.99 Å². The fraction of sp³-hybridized carbons (Fsp3) is 0.100. The lowest BCUT2D eigenvalue weighted by Crippen LogP contribution is -2.15. The molecule has 0 atom stereocenters. The van der Waals surface area contributed by atoms with Gasteiger partial charge in [-0.05, 0) is 36.6 Å². The van der Waals surface area contributed by atoms with E-state index in [1.54, 1.807) is 35.6 Å². The van der Waals surface area contributed by atoms with Crippen molar-refractivity contribution in [3.8, 4) is 0 Å². The number of hydrogen-bond donors (Lipinski definition) is 0. The molecule has 1 amide bonds. The number of fused-ring (bicyclic) bond motifs is 3. The number of nitrogens with zero attached hydrogens (tertiary/aromatic N) is 2. The van der Waals surface area contributed by atoms with Gasteiger partial charge < -0.3 is 4.57 Å². The van der Waals surface area contributed by atoms with Gasteiger partial charge in [0.2, 0.25) is 0 Å². The van der Waals surface area contributed by atoms with Crippen LogP contribution in [0.4, 0.5) is 0 Å². The van der Waals surface area contributed by atoms with Crippen molar-refractivity contribution in [2.24, 2.45) is 4.99 Å². The summed E-state index contributed by atoms with van der Waals surface area (Å²) in [5.74, 6) is -0.277. The third-order valence-corrected chi connectivity index (χ3v) is 5.52. The molecule has 0 saturated carbocycles. The number of hydrogen-bond acceptors (Lipinski definition) is 2. The van der Waals surface area contributed by atoms with Crippen LogP contribution in [0.25, 0.3) is 21.0 Å². The highest BCUT2D eigenvalue weighted by molar-refractivity contribution is 7.17. The van der Waals surface area contributed by atoms with Gasteiger partial charge in [0.25, 0.3) is 5.91 Å². The second-order valence-corrected chi connectivity index (χ2v) is 7.11. The minimum atomic E-state index is -0.277. The summed E-state index contributed by atoms with van der Waals surface area (Å²) in [5.41, 5.74) is 1.60. The van der Waals surface area contributed by atoms with Crippen LogP contribution in [0.2, 0.25) is 5.02 Å². The Morgan fingerprint density at radius 2 is 1.96 bits per heavy atom. The third kappa shape index (κ3) is 2.88. The zero-order chi connectivity index (χ0) is 17.4. The number of thiazole rings is 1. The molecule has 25 heavy (non-hydrogen) atoms. The SMILES string of the molecule is CCn1c(=NC(=O)c2cccc(Cl)c2)sc2c3ccccc3ccc21. The minimum absolute atomic E-state index is 0.277. The molecule has 0 unspecified atom stereocenters. The van der Waals surface area contributed by atoms with Crippen molar-refractivity contribution in [1.29, 1.82) is 0 Å². The Hall–Kier alpha value is -2.43. The Balaban J connectivity index is 1.95. The van der Waals surface area contributed by atoms with Crippen LogP contribution < -0.4 is 4.80 Å². The summed E-state index contributed by atoms with van der Waals surface area (Å²) in [7, 11) is 0. The van der Waals surface area contributed by atoms with E-state index in [4.69, 9.17) is 11.6 Å². The summed E-state index contributed by atoms with van der Waals surface area (Å²) in [6, 6.07) is 19.4. The lowest BCUT2D eigenvalue weighted by atomic mass is 10.1. The lowest BCUT2D eigenvalue weighted by Gasteiger charge is -2.02. The first kappa shape index (κ1) is 16.1. The summed E-state index contributed by atoms with van der Waals surface area (Å²) in [6.45, 7) is 2.81. The molecule has 0 aliphatic rings. The number of benzene rings is 3. The second kappa shape index (κ2) is 6.47. The molecule has 0 aliphatic carbocycles. The first-order chi connectivity index (χ1) is 12.2. The summed E-state index contributed by atoms with van der Waals surface area (Å²) in [6.07, 6.45) is 0. The van der Waals surface area contributed by atoms with Crippen LogP contribution in [-0.2, 0) is 6.54 Å². The Morgan fingerprint density at radius 3 is 2.76 bits per heavy atom. The van der Waals surface area contributed by atoms with Gasteiger partial charge >= 0.3 is 0 Å². The van der Waals surface area contributed by atoms with Crippen LogP contribution in [-0.4, -0.2) is 10.5 Å². The highest BCUT2D eigenvalue weighted by atomic mass is 35.5. The third-order valence-electron chi connectivity index (χ3n) is 4.16. The van der Waals surface area contributed by atoms with Gasteiger partial charge in [-0.25, -0.2) is 0 Å². The molecule has 4 aromatic rings. The summed E-state index contributed by atoms with van der Waals surface area (Å²) >= 11 is 7.53. The van der Waals surface area contributed by atoms with Gasteiger partial charge in [0.15, 0.2) is 4.80 Å². The van der Waals surface area contributed by atoms with Crippen molar-refractivity contribution in [1.82, 2.24) is 4.57 Å². The van der Waals surface area contributed by atoms with Gasteiger partial charge in [-0.15, -0.1) is 0 Å². The zero-order valence-electron chi connectivity index (χ0n) is 13.6. The number of aromatic nitrogens is 1. The molecule has 4 rings (SSSR count). The predicted molar refractivity (Wildman–Crippen MR) is 104 cm³/mol. The molecule has 3 aromatic carbocycles. The number of carbonyl (C=O) groups is 1. The van der Waals surface area contributed by atoms with Crippen molar-refractivity contribution in [3.05, 3.63) is 76.1 Å². The van der Waals surface area contributed by atoms with Crippen LogP contribution in [0.3, 0.4) is 0 Å². The molecule has 0 spiro atoms. The van der Waals surface area contributed by atoms with E-state index in [-0.39, 0.29) is 5.91 Å². The van der Waals surface area contributed by atoms with E-state index >= 15 is 0 Å². The van der Waals surface area contributed by atoms with Gasteiger partial charge in [-0.3, -0.25) is 4.79 Å². The Morgan fingerprint density at radius 1 is 1.12 bits per heavy atom. The van der Waals surface area contributed by atoms with Crippen molar-refractivity contribution in [2.75, 3.05) is 0 Å². The predicted octanol–water partition coefficient (Wildman–Crippen LogP) is 5.27. The van der Waals surface area contributed by atoms with Gasteiger partial charge in [0.05, 0.1) is 10.2 Å². The quantitative estimate of drug-likeness (QED) is 0.475. The topological polar surface area (TPSA) is 34.4 Å². The molecule has 3 nitrogen and oxygen atoms in total. The molecule has 0 saturated heterocycles. The number of aryl methyl sites for hydroxylation is 1. The second-order valence-electron chi connectivity index (χ2n) is 5.69. The maximum Gasteiger partial charge on any atom is 0.279 e. The number of rotatable bonds is 2. The van der Waals surface area contributed by atoms with E-state index in [1.165, 1.54) is 10.8 Å². The summed E-state index contributed by atoms with van der Waals surface area (Å²) < 4.78 is 3.23. The van der Waals surface area contributed by atoms with E-state index in [0.29, 0.717) is 15.4 Å². The Kier molecular flexibility index (Phi) is 4.15. The molecule has 0 N–H and O–H groups in total. The smallest absolute Gasteiger partial charge is 0.279 e. The maximum absolute atomic E-state index is 12.5. The molecule has 0 radical (unpaired) electrons. The number of carbonyl (C=O) groups excluding carboxylic acids is 1. The molecular weight excluding hydrogens is 352 g/mol. The van der Waals surface area contributed by atoms with Crippen molar-refractivity contribution >= 4 is 49.8 Å². The van der Waals surface area contributed by atoms with E-state index in [2.05, 4.69) is 40.7 Å². The van der Waals surface area contributed by atoms with Crippen LogP contribution in [0, 0.1) is 0 Å². The van der Waals surface area contributed by atoms with Crippen LogP contribution in [0.15, 0.2) is 65.7 Å². The first-order valence-electron chi connectivity index (χ1n) is 8.03. The van der Waals surface area contributed by atoms with Crippen LogP contribution >= 0.6 is 22.9 Å².